The second-order valence-corrected chi connectivity index (χ2v) is 10.1. The minimum absolute atomic E-state index is 0.0179. The van der Waals surface area contributed by atoms with E-state index >= 15 is 0 Å². The molecular weight excluding hydrogens is 555 g/mol. The van der Waals surface area contributed by atoms with Crippen molar-refractivity contribution in [2.45, 2.75) is 11.8 Å². The van der Waals surface area contributed by atoms with Crippen molar-refractivity contribution < 1.29 is 23.6 Å². The molecule has 0 aliphatic carbocycles. The third kappa shape index (κ3) is 9.17. The van der Waals surface area contributed by atoms with Crippen LogP contribution in [-0.4, -0.2) is 29.4 Å². The first kappa shape index (κ1) is 29.8. The molecule has 0 radical (unpaired) electrons. The number of halogens is 1. The van der Waals surface area contributed by atoms with Crippen LogP contribution < -0.4 is 21.3 Å². The standard InChI is InChI=1S/C32H27FN4O4S/c1-21(38)34-25-11-13-26(14-12-25)35-30(39)20-42-28-17-15-27(16-18-28)36-32(41)29(19-22-7-9-24(33)10-8-22)37-31(40)23-5-3-2-4-6-23/h2-19H,20H2,1H3,(H,34,38)(H,35,39)(H,36,41)(H,37,40)/b29-19-. The predicted molar refractivity (Wildman–Crippen MR) is 163 cm³/mol. The van der Waals surface area contributed by atoms with Crippen LogP contribution in [0.5, 0.6) is 0 Å². The number of carbonyl (C=O) groups is 4. The van der Waals surface area contributed by atoms with Crippen LogP contribution in [0.3, 0.4) is 0 Å². The molecule has 8 nitrogen and oxygen atoms in total. The lowest BCUT2D eigenvalue weighted by Gasteiger charge is -2.12. The average Bonchev–Trinajstić information content (AvgIpc) is 2.98. The zero-order valence-electron chi connectivity index (χ0n) is 22.5. The fraction of sp³-hybridized carbons (Fsp3) is 0.0625. The average molecular weight is 583 g/mol. The smallest absolute Gasteiger partial charge is 0.272 e. The Morgan fingerprint density at radius 3 is 1.90 bits per heavy atom. The Balaban J connectivity index is 1.36. The topological polar surface area (TPSA) is 116 Å². The molecule has 0 atom stereocenters. The Labute approximate surface area is 246 Å². The normalized spacial score (nSPS) is 10.9. The van der Waals surface area contributed by atoms with Crippen LogP contribution >= 0.6 is 11.8 Å². The SMILES string of the molecule is CC(=O)Nc1ccc(NC(=O)CSc2ccc(NC(=O)/C(=C/c3ccc(F)cc3)NC(=O)c3ccccc3)cc2)cc1. The highest BCUT2D eigenvalue weighted by Gasteiger charge is 2.15. The zero-order valence-corrected chi connectivity index (χ0v) is 23.3. The molecular formula is C32H27FN4O4S. The second-order valence-electron chi connectivity index (χ2n) is 9.00. The number of nitrogens with one attached hydrogen (secondary N) is 4. The van der Waals surface area contributed by atoms with Crippen LogP contribution in [0, 0.1) is 5.82 Å². The fourth-order valence-corrected chi connectivity index (χ4v) is 4.39. The molecule has 0 aliphatic rings. The summed E-state index contributed by atoms with van der Waals surface area (Å²) in [5.41, 5.74) is 2.62. The summed E-state index contributed by atoms with van der Waals surface area (Å²) in [6, 6.07) is 27.7. The predicted octanol–water partition coefficient (Wildman–Crippen LogP) is 5.92. The number of anilines is 3. The van der Waals surface area contributed by atoms with Crippen LogP contribution in [0.25, 0.3) is 6.08 Å². The third-order valence-corrected chi connectivity index (χ3v) is 6.69. The summed E-state index contributed by atoms with van der Waals surface area (Å²) in [6.45, 7) is 1.42. The van der Waals surface area contributed by atoms with Crippen molar-refractivity contribution in [2.24, 2.45) is 0 Å². The summed E-state index contributed by atoms with van der Waals surface area (Å²) in [5.74, 6) is -1.66. The molecule has 4 aromatic carbocycles. The summed E-state index contributed by atoms with van der Waals surface area (Å²) in [6.07, 6.45) is 1.46. The van der Waals surface area contributed by atoms with Gasteiger partial charge in [0.05, 0.1) is 5.75 Å². The first-order valence-electron chi connectivity index (χ1n) is 12.8. The number of thioether (sulfide) groups is 1. The largest absolute Gasteiger partial charge is 0.326 e. The van der Waals surface area contributed by atoms with Crippen molar-refractivity contribution in [2.75, 3.05) is 21.7 Å². The highest BCUT2D eigenvalue weighted by Crippen LogP contribution is 2.22. The second kappa shape index (κ2) is 14.4. The van der Waals surface area contributed by atoms with Gasteiger partial charge in [0.25, 0.3) is 11.8 Å². The maximum atomic E-state index is 13.4. The fourth-order valence-electron chi connectivity index (χ4n) is 3.69. The molecule has 0 saturated carbocycles. The van der Waals surface area contributed by atoms with Crippen LogP contribution in [0.4, 0.5) is 21.5 Å². The van der Waals surface area contributed by atoms with E-state index in [4.69, 9.17) is 0 Å². The van der Waals surface area contributed by atoms with Crippen LogP contribution in [0.15, 0.2) is 114 Å². The van der Waals surface area contributed by atoms with Gasteiger partial charge < -0.3 is 21.3 Å². The molecule has 0 heterocycles. The van der Waals surface area contributed by atoms with Gasteiger partial charge in [-0.1, -0.05) is 30.3 Å². The summed E-state index contributed by atoms with van der Waals surface area (Å²) in [4.78, 5) is 50.2. The lowest BCUT2D eigenvalue weighted by molar-refractivity contribution is -0.114. The summed E-state index contributed by atoms with van der Waals surface area (Å²) in [5, 5.41) is 10.9. The van der Waals surface area contributed by atoms with E-state index in [9.17, 15) is 23.6 Å². The Hall–Kier alpha value is -5.22. The summed E-state index contributed by atoms with van der Waals surface area (Å²) >= 11 is 1.32. The monoisotopic (exact) mass is 582 g/mol. The van der Waals surface area contributed by atoms with Crippen LogP contribution in [0.2, 0.25) is 0 Å². The van der Waals surface area contributed by atoms with Gasteiger partial charge in [0, 0.05) is 34.4 Å². The van der Waals surface area contributed by atoms with Gasteiger partial charge in [0.2, 0.25) is 11.8 Å². The molecule has 212 valence electrons. The Morgan fingerprint density at radius 1 is 0.714 bits per heavy atom. The van der Waals surface area contributed by atoms with Gasteiger partial charge >= 0.3 is 0 Å². The van der Waals surface area contributed by atoms with Crippen molar-refractivity contribution in [3.8, 4) is 0 Å². The van der Waals surface area contributed by atoms with Gasteiger partial charge in [-0.25, -0.2) is 4.39 Å². The molecule has 4 aromatic rings. The van der Waals surface area contributed by atoms with Crippen molar-refractivity contribution in [1.82, 2.24) is 5.32 Å². The van der Waals surface area contributed by atoms with E-state index in [2.05, 4.69) is 21.3 Å². The number of carbonyl (C=O) groups excluding carboxylic acids is 4. The van der Waals surface area contributed by atoms with Gasteiger partial charge in [-0.05, 0) is 84.4 Å². The molecule has 10 heteroatoms. The quantitative estimate of drug-likeness (QED) is 0.137. The molecule has 0 fully saturated rings. The maximum absolute atomic E-state index is 13.4. The first-order valence-corrected chi connectivity index (χ1v) is 13.8. The highest BCUT2D eigenvalue weighted by atomic mass is 32.2. The molecule has 0 aromatic heterocycles. The number of rotatable bonds is 10. The molecule has 0 unspecified atom stereocenters. The van der Waals surface area contributed by atoms with E-state index in [1.807, 2.05) is 0 Å². The van der Waals surface area contributed by atoms with E-state index in [1.165, 1.54) is 49.0 Å². The van der Waals surface area contributed by atoms with Crippen molar-refractivity contribution in [3.05, 3.63) is 126 Å². The Morgan fingerprint density at radius 2 is 1.29 bits per heavy atom. The minimum atomic E-state index is -0.562. The molecule has 0 saturated heterocycles. The molecule has 0 spiro atoms. The lowest BCUT2D eigenvalue weighted by atomic mass is 10.1. The van der Waals surface area contributed by atoms with Crippen molar-refractivity contribution in [3.63, 3.8) is 0 Å². The van der Waals surface area contributed by atoms with Crippen molar-refractivity contribution in [1.29, 1.82) is 0 Å². The lowest BCUT2D eigenvalue weighted by Crippen LogP contribution is -2.30. The Kier molecular flexibility index (Phi) is 10.2. The van der Waals surface area contributed by atoms with Gasteiger partial charge in [0.1, 0.15) is 11.5 Å². The first-order chi connectivity index (χ1) is 20.2. The zero-order chi connectivity index (χ0) is 29.9. The molecule has 4 rings (SSSR count). The number of hydrogen-bond donors (Lipinski definition) is 4. The van der Waals surface area contributed by atoms with Gasteiger partial charge in [-0.2, -0.15) is 0 Å². The number of benzene rings is 4. The van der Waals surface area contributed by atoms with Gasteiger partial charge in [0.15, 0.2) is 0 Å². The third-order valence-electron chi connectivity index (χ3n) is 5.68. The van der Waals surface area contributed by atoms with Crippen molar-refractivity contribution >= 4 is 58.5 Å². The molecule has 4 N–H and O–H groups in total. The number of amides is 4. The summed E-state index contributed by atoms with van der Waals surface area (Å²) in [7, 11) is 0. The summed E-state index contributed by atoms with van der Waals surface area (Å²) < 4.78 is 13.4. The molecule has 4 amide bonds. The minimum Gasteiger partial charge on any atom is -0.326 e. The van der Waals surface area contributed by atoms with E-state index in [0.717, 1.165) is 4.90 Å². The van der Waals surface area contributed by atoms with E-state index in [0.29, 0.717) is 28.2 Å². The molecule has 42 heavy (non-hydrogen) atoms. The van der Waals surface area contributed by atoms with Gasteiger partial charge in [-0.3, -0.25) is 19.2 Å². The van der Waals surface area contributed by atoms with Crippen LogP contribution in [0.1, 0.15) is 22.8 Å². The van der Waals surface area contributed by atoms with E-state index in [1.54, 1.807) is 78.9 Å². The maximum Gasteiger partial charge on any atom is 0.272 e. The van der Waals surface area contributed by atoms with Crippen LogP contribution in [-0.2, 0) is 14.4 Å². The van der Waals surface area contributed by atoms with Gasteiger partial charge in [-0.15, -0.1) is 11.8 Å². The van der Waals surface area contributed by atoms with E-state index in [-0.39, 0.29) is 23.3 Å². The highest BCUT2D eigenvalue weighted by molar-refractivity contribution is 8.00. The Bertz CT molecular complexity index is 1590. The number of hydrogen-bond acceptors (Lipinski definition) is 5. The van der Waals surface area contributed by atoms with E-state index < -0.39 is 17.6 Å². The molecule has 0 aliphatic heterocycles. The molecule has 0 bridgehead atoms.